The number of nitrogens with zero attached hydrogens (tertiary/aromatic N) is 4. The second kappa shape index (κ2) is 6.09. The van der Waals surface area contributed by atoms with Crippen molar-refractivity contribution < 1.29 is 4.79 Å². The van der Waals surface area contributed by atoms with Crippen molar-refractivity contribution in [2.24, 2.45) is 7.05 Å². The van der Waals surface area contributed by atoms with Gasteiger partial charge >= 0.3 is 0 Å². The number of amides is 1. The number of carbonyl (C=O) groups is 1. The second-order valence-electron chi connectivity index (χ2n) is 4.71. The van der Waals surface area contributed by atoms with Crippen molar-refractivity contribution in [2.45, 2.75) is 33.4 Å². The molecule has 108 valence electrons. The molecular formula is C13H18ClN5O. The minimum absolute atomic E-state index is 0.0146. The third-order valence-corrected chi connectivity index (χ3v) is 3.78. The van der Waals surface area contributed by atoms with Crippen molar-refractivity contribution in [3.05, 3.63) is 34.4 Å². The van der Waals surface area contributed by atoms with E-state index in [1.54, 1.807) is 21.8 Å². The maximum absolute atomic E-state index is 11.8. The smallest absolute Gasteiger partial charge is 0.222 e. The number of carbonyl (C=O) groups excluding carboxylic acids is 1. The number of halogens is 1. The van der Waals surface area contributed by atoms with Crippen LogP contribution in [-0.2, 0) is 24.9 Å². The Bertz CT molecular complexity index is 564. The summed E-state index contributed by atoms with van der Waals surface area (Å²) in [5.74, 6) is -0.0146. The van der Waals surface area contributed by atoms with Crippen LogP contribution in [0.15, 0.2) is 12.4 Å². The lowest BCUT2D eigenvalue weighted by Gasteiger charge is -2.06. The summed E-state index contributed by atoms with van der Waals surface area (Å²) in [7, 11) is 1.88. The summed E-state index contributed by atoms with van der Waals surface area (Å²) < 4.78 is 3.52. The lowest BCUT2D eigenvalue weighted by molar-refractivity contribution is -0.121. The molecule has 0 aromatic carbocycles. The Hall–Kier alpha value is -1.82. The molecule has 1 amide bonds. The Balaban J connectivity index is 1.81. The van der Waals surface area contributed by atoms with Gasteiger partial charge in [0.05, 0.1) is 29.7 Å². The maximum Gasteiger partial charge on any atom is 0.222 e. The maximum atomic E-state index is 11.8. The first kappa shape index (κ1) is 14.6. The molecule has 0 aliphatic heterocycles. The molecule has 0 aliphatic rings. The summed E-state index contributed by atoms with van der Waals surface area (Å²) in [4.78, 5) is 11.8. The van der Waals surface area contributed by atoms with Gasteiger partial charge in [-0.15, -0.1) is 0 Å². The molecule has 0 saturated heterocycles. The highest BCUT2D eigenvalue weighted by atomic mass is 35.5. The largest absolute Gasteiger partial charge is 0.352 e. The van der Waals surface area contributed by atoms with Crippen LogP contribution in [0.1, 0.15) is 23.4 Å². The van der Waals surface area contributed by atoms with Gasteiger partial charge in [0.25, 0.3) is 0 Å². The average molecular weight is 296 g/mol. The molecule has 7 heteroatoms. The molecule has 2 heterocycles. The Kier molecular flexibility index (Phi) is 4.44. The summed E-state index contributed by atoms with van der Waals surface area (Å²) >= 11 is 5.91. The number of nitrogens with one attached hydrogen (secondary N) is 1. The Labute approximate surface area is 122 Å². The Morgan fingerprint density at radius 3 is 2.60 bits per heavy atom. The van der Waals surface area contributed by atoms with Crippen LogP contribution in [0.2, 0.25) is 5.02 Å². The van der Waals surface area contributed by atoms with Crippen molar-refractivity contribution in [3.63, 3.8) is 0 Å². The second-order valence-corrected chi connectivity index (χ2v) is 5.11. The predicted molar refractivity (Wildman–Crippen MR) is 76.4 cm³/mol. The monoisotopic (exact) mass is 295 g/mol. The Morgan fingerprint density at radius 2 is 2.05 bits per heavy atom. The standard InChI is InChI=1S/C13H18ClN5O/c1-9-11(7-16-18(9)3)6-15-13(20)4-5-19-10(2)12(14)8-17-19/h7-8H,4-6H2,1-3H3,(H,15,20). The third-order valence-electron chi connectivity index (χ3n) is 3.41. The molecule has 0 fully saturated rings. The zero-order valence-electron chi connectivity index (χ0n) is 11.9. The van der Waals surface area contributed by atoms with Gasteiger partial charge in [-0.2, -0.15) is 10.2 Å². The summed E-state index contributed by atoms with van der Waals surface area (Å²) in [6.07, 6.45) is 3.74. The van der Waals surface area contributed by atoms with Gasteiger partial charge in [-0.3, -0.25) is 14.2 Å². The summed E-state index contributed by atoms with van der Waals surface area (Å²) in [6, 6.07) is 0. The van der Waals surface area contributed by atoms with E-state index < -0.39 is 0 Å². The lowest BCUT2D eigenvalue weighted by Crippen LogP contribution is -2.24. The SMILES string of the molecule is Cc1c(CNC(=O)CCn2ncc(Cl)c2C)cnn1C. The zero-order valence-corrected chi connectivity index (χ0v) is 12.6. The van der Waals surface area contributed by atoms with Crippen LogP contribution in [0, 0.1) is 13.8 Å². The lowest BCUT2D eigenvalue weighted by atomic mass is 10.2. The van der Waals surface area contributed by atoms with Gasteiger partial charge in [-0.25, -0.2) is 0 Å². The van der Waals surface area contributed by atoms with Crippen LogP contribution >= 0.6 is 11.6 Å². The molecule has 6 nitrogen and oxygen atoms in total. The van der Waals surface area contributed by atoms with Gasteiger partial charge in [-0.1, -0.05) is 11.6 Å². The molecule has 20 heavy (non-hydrogen) atoms. The van der Waals surface area contributed by atoms with E-state index in [4.69, 9.17) is 11.6 Å². The first-order valence-corrected chi connectivity index (χ1v) is 6.79. The van der Waals surface area contributed by atoms with Crippen molar-refractivity contribution in [1.82, 2.24) is 24.9 Å². The molecule has 2 aromatic rings. The van der Waals surface area contributed by atoms with Crippen molar-refractivity contribution in [3.8, 4) is 0 Å². The van der Waals surface area contributed by atoms with Gasteiger partial charge < -0.3 is 5.32 Å². The molecule has 0 saturated carbocycles. The Morgan fingerprint density at radius 1 is 1.30 bits per heavy atom. The number of hydrogen-bond donors (Lipinski definition) is 1. The predicted octanol–water partition coefficient (Wildman–Crippen LogP) is 1.59. The average Bonchev–Trinajstić information content (AvgIpc) is 2.91. The van der Waals surface area contributed by atoms with Crippen molar-refractivity contribution >= 4 is 17.5 Å². The number of aryl methyl sites for hydroxylation is 2. The van der Waals surface area contributed by atoms with Gasteiger partial charge in [0, 0.05) is 31.3 Å². The minimum atomic E-state index is -0.0146. The first-order chi connectivity index (χ1) is 9.49. The molecule has 0 atom stereocenters. The van der Waals surface area contributed by atoms with E-state index in [0.29, 0.717) is 24.5 Å². The quantitative estimate of drug-likeness (QED) is 0.911. The molecule has 0 unspecified atom stereocenters. The van der Waals surface area contributed by atoms with E-state index in [-0.39, 0.29) is 5.91 Å². The van der Waals surface area contributed by atoms with Gasteiger partial charge in [0.1, 0.15) is 0 Å². The van der Waals surface area contributed by atoms with E-state index in [2.05, 4.69) is 15.5 Å². The van der Waals surface area contributed by atoms with Gasteiger partial charge in [0.2, 0.25) is 5.91 Å². The van der Waals surface area contributed by atoms with E-state index in [9.17, 15) is 4.79 Å². The summed E-state index contributed by atoms with van der Waals surface area (Å²) in [5.41, 5.74) is 2.96. The van der Waals surface area contributed by atoms with Crippen LogP contribution in [0.5, 0.6) is 0 Å². The van der Waals surface area contributed by atoms with Crippen LogP contribution < -0.4 is 5.32 Å². The topological polar surface area (TPSA) is 64.7 Å². The van der Waals surface area contributed by atoms with Crippen LogP contribution in [-0.4, -0.2) is 25.5 Å². The molecule has 1 N–H and O–H groups in total. The van der Waals surface area contributed by atoms with E-state index in [0.717, 1.165) is 17.0 Å². The molecular weight excluding hydrogens is 278 g/mol. The molecule has 0 spiro atoms. The van der Waals surface area contributed by atoms with Crippen molar-refractivity contribution in [1.29, 1.82) is 0 Å². The van der Waals surface area contributed by atoms with Gasteiger partial charge in [0.15, 0.2) is 0 Å². The first-order valence-electron chi connectivity index (χ1n) is 6.41. The fraction of sp³-hybridized carbons (Fsp3) is 0.462. The number of aromatic nitrogens is 4. The fourth-order valence-electron chi connectivity index (χ4n) is 1.86. The molecule has 0 aliphatic carbocycles. The molecule has 2 aromatic heterocycles. The van der Waals surface area contributed by atoms with Gasteiger partial charge in [-0.05, 0) is 13.8 Å². The fourth-order valence-corrected chi connectivity index (χ4v) is 2.00. The number of hydrogen-bond acceptors (Lipinski definition) is 3. The zero-order chi connectivity index (χ0) is 14.7. The molecule has 0 radical (unpaired) electrons. The highest BCUT2D eigenvalue weighted by Gasteiger charge is 2.08. The van der Waals surface area contributed by atoms with E-state index in [1.165, 1.54) is 0 Å². The van der Waals surface area contributed by atoms with E-state index in [1.807, 2.05) is 20.9 Å². The van der Waals surface area contributed by atoms with E-state index >= 15 is 0 Å². The number of rotatable bonds is 5. The third kappa shape index (κ3) is 3.19. The van der Waals surface area contributed by atoms with Crippen LogP contribution in [0.3, 0.4) is 0 Å². The molecule has 2 rings (SSSR count). The van der Waals surface area contributed by atoms with Crippen LogP contribution in [0.25, 0.3) is 0 Å². The highest BCUT2D eigenvalue weighted by molar-refractivity contribution is 6.31. The van der Waals surface area contributed by atoms with Crippen molar-refractivity contribution in [2.75, 3.05) is 0 Å². The summed E-state index contributed by atoms with van der Waals surface area (Å²) in [5, 5.41) is 11.8. The summed E-state index contributed by atoms with van der Waals surface area (Å²) in [6.45, 7) is 4.88. The van der Waals surface area contributed by atoms with Crippen LogP contribution in [0.4, 0.5) is 0 Å². The highest BCUT2D eigenvalue weighted by Crippen LogP contribution is 2.13. The minimum Gasteiger partial charge on any atom is -0.352 e. The normalized spacial score (nSPS) is 10.8. The molecule has 0 bridgehead atoms.